The number of anilines is 1. The second-order valence-corrected chi connectivity index (χ2v) is 5.45. The van der Waals surface area contributed by atoms with Gasteiger partial charge in [0, 0.05) is 17.4 Å². The number of aryl methyl sites for hydroxylation is 2. The van der Waals surface area contributed by atoms with E-state index in [4.69, 9.17) is 0 Å². The molecule has 1 N–H and O–H groups in total. The van der Waals surface area contributed by atoms with E-state index >= 15 is 0 Å². The van der Waals surface area contributed by atoms with Crippen LogP contribution in [-0.2, 0) is 11.3 Å². The average molecular weight is 303 g/mol. The monoisotopic (exact) mass is 303 g/mol. The van der Waals surface area contributed by atoms with Crippen molar-refractivity contribution in [2.75, 3.05) is 11.6 Å². The number of rotatable bonds is 4. The lowest BCUT2D eigenvalue weighted by molar-refractivity contribution is -0.116. The lowest BCUT2D eigenvalue weighted by atomic mass is 10.2. The van der Waals surface area contributed by atoms with E-state index in [2.05, 4.69) is 10.3 Å². The SMILES string of the molecule is CSc1nc(C)cc(=O)n1CC(=O)Nc1ccccc1C. The molecule has 0 atom stereocenters. The van der Waals surface area contributed by atoms with Crippen LogP contribution in [0.3, 0.4) is 0 Å². The third kappa shape index (κ3) is 3.72. The summed E-state index contributed by atoms with van der Waals surface area (Å²) in [6.07, 6.45) is 1.83. The largest absolute Gasteiger partial charge is 0.324 e. The van der Waals surface area contributed by atoms with Crippen LogP contribution in [0.2, 0.25) is 0 Å². The first-order chi connectivity index (χ1) is 10.0. The molecule has 21 heavy (non-hydrogen) atoms. The van der Waals surface area contributed by atoms with E-state index in [-0.39, 0.29) is 18.0 Å². The smallest absolute Gasteiger partial charge is 0.254 e. The number of carbonyl (C=O) groups is 1. The van der Waals surface area contributed by atoms with Gasteiger partial charge in [0.1, 0.15) is 6.54 Å². The third-order valence-electron chi connectivity index (χ3n) is 3.00. The van der Waals surface area contributed by atoms with Gasteiger partial charge in [0.15, 0.2) is 5.16 Å². The van der Waals surface area contributed by atoms with Crippen LogP contribution in [0.1, 0.15) is 11.3 Å². The summed E-state index contributed by atoms with van der Waals surface area (Å²) >= 11 is 1.35. The van der Waals surface area contributed by atoms with Gasteiger partial charge in [-0.15, -0.1) is 0 Å². The summed E-state index contributed by atoms with van der Waals surface area (Å²) in [4.78, 5) is 28.4. The van der Waals surface area contributed by atoms with Crippen molar-refractivity contribution >= 4 is 23.4 Å². The first-order valence-corrected chi connectivity index (χ1v) is 7.71. The highest BCUT2D eigenvalue weighted by Crippen LogP contribution is 2.14. The predicted molar refractivity (Wildman–Crippen MR) is 84.8 cm³/mol. The molecule has 110 valence electrons. The molecular formula is C15H17N3O2S. The number of carbonyl (C=O) groups excluding carboxylic acids is 1. The molecule has 0 aliphatic heterocycles. The summed E-state index contributed by atoms with van der Waals surface area (Å²) in [5, 5.41) is 3.36. The Morgan fingerprint density at radius 1 is 1.33 bits per heavy atom. The quantitative estimate of drug-likeness (QED) is 0.695. The fraction of sp³-hybridized carbons (Fsp3) is 0.267. The van der Waals surface area contributed by atoms with Crippen LogP contribution in [0.25, 0.3) is 0 Å². The van der Waals surface area contributed by atoms with E-state index < -0.39 is 0 Å². The van der Waals surface area contributed by atoms with Crippen LogP contribution >= 0.6 is 11.8 Å². The van der Waals surface area contributed by atoms with Crippen molar-refractivity contribution in [3.05, 3.63) is 51.9 Å². The first kappa shape index (κ1) is 15.3. The number of aromatic nitrogens is 2. The van der Waals surface area contributed by atoms with E-state index in [0.29, 0.717) is 10.9 Å². The molecule has 0 radical (unpaired) electrons. The minimum atomic E-state index is -0.243. The molecule has 0 spiro atoms. The maximum Gasteiger partial charge on any atom is 0.254 e. The van der Waals surface area contributed by atoms with Crippen molar-refractivity contribution in [3.8, 4) is 0 Å². The Morgan fingerprint density at radius 3 is 2.71 bits per heavy atom. The normalized spacial score (nSPS) is 10.4. The molecule has 0 aliphatic rings. The zero-order valence-electron chi connectivity index (χ0n) is 12.2. The van der Waals surface area contributed by atoms with Gasteiger partial charge < -0.3 is 5.32 Å². The molecule has 0 aliphatic carbocycles. The topological polar surface area (TPSA) is 64.0 Å². The van der Waals surface area contributed by atoms with Crippen LogP contribution in [-0.4, -0.2) is 21.7 Å². The summed E-state index contributed by atoms with van der Waals surface area (Å²) < 4.78 is 1.38. The molecule has 2 rings (SSSR count). The Labute approximate surface area is 127 Å². The highest BCUT2D eigenvalue weighted by molar-refractivity contribution is 7.98. The number of para-hydroxylation sites is 1. The standard InChI is InChI=1S/C15H17N3O2S/c1-10-6-4-5-7-12(10)17-13(19)9-18-14(20)8-11(2)16-15(18)21-3/h4-8H,9H2,1-3H3,(H,17,19). The van der Waals surface area contributed by atoms with Gasteiger partial charge in [0.2, 0.25) is 5.91 Å². The number of benzene rings is 1. The van der Waals surface area contributed by atoms with E-state index in [1.165, 1.54) is 22.4 Å². The highest BCUT2D eigenvalue weighted by Gasteiger charge is 2.11. The predicted octanol–water partition coefficient (Wildman–Crippen LogP) is 2.22. The van der Waals surface area contributed by atoms with Crippen LogP contribution in [0.5, 0.6) is 0 Å². The van der Waals surface area contributed by atoms with Gasteiger partial charge in [0.25, 0.3) is 5.56 Å². The summed E-state index contributed by atoms with van der Waals surface area (Å²) in [5.74, 6) is -0.243. The second kappa shape index (κ2) is 6.58. The number of nitrogens with one attached hydrogen (secondary N) is 1. The molecule has 1 aromatic carbocycles. The Kier molecular flexibility index (Phi) is 4.80. The zero-order valence-corrected chi connectivity index (χ0v) is 13.0. The molecule has 0 unspecified atom stereocenters. The molecule has 0 fully saturated rings. The van der Waals surface area contributed by atoms with Crippen molar-refractivity contribution in [3.63, 3.8) is 0 Å². The van der Waals surface area contributed by atoms with E-state index in [1.54, 1.807) is 6.92 Å². The van der Waals surface area contributed by atoms with Crippen LogP contribution in [0.15, 0.2) is 40.3 Å². The molecule has 2 aromatic rings. The van der Waals surface area contributed by atoms with Crippen molar-refractivity contribution in [2.45, 2.75) is 25.5 Å². The van der Waals surface area contributed by atoms with Crippen molar-refractivity contribution in [2.24, 2.45) is 0 Å². The van der Waals surface area contributed by atoms with Crippen molar-refractivity contribution in [1.29, 1.82) is 0 Å². The van der Waals surface area contributed by atoms with Gasteiger partial charge in [-0.05, 0) is 31.7 Å². The Bertz CT molecular complexity index is 725. The maximum atomic E-state index is 12.1. The van der Waals surface area contributed by atoms with E-state index in [1.807, 2.05) is 37.4 Å². The van der Waals surface area contributed by atoms with Crippen LogP contribution < -0.4 is 10.9 Å². The van der Waals surface area contributed by atoms with Gasteiger partial charge in [-0.25, -0.2) is 4.98 Å². The van der Waals surface area contributed by atoms with Gasteiger partial charge in [-0.1, -0.05) is 30.0 Å². The molecule has 0 saturated carbocycles. The fourth-order valence-electron chi connectivity index (χ4n) is 1.94. The molecule has 5 nitrogen and oxygen atoms in total. The van der Waals surface area contributed by atoms with E-state index in [9.17, 15) is 9.59 Å². The van der Waals surface area contributed by atoms with Crippen molar-refractivity contribution < 1.29 is 4.79 Å². The Hall–Kier alpha value is -2.08. The number of hydrogen-bond donors (Lipinski definition) is 1. The molecule has 1 heterocycles. The highest BCUT2D eigenvalue weighted by atomic mass is 32.2. The number of hydrogen-bond acceptors (Lipinski definition) is 4. The summed E-state index contributed by atoms with van der Waals surface area (Å²) in [6.45, 7) is 3.64. The Balaban J connectivity index is 2.21. The van der Waals surface area contributed by atoms with Gasteiger partial charge >= 0.3 is 0 Å². The first-order valence-electron chi connectivity index (χ1n) is 6.49. The van der Waals surface area contributed by atoms with E-state index in [0.717, 1.165) is 11.3 Å². The fourth-order valence-corrected chi connectivity index (χ4v) is 2.55. The zero-order chi connectivity index (χ0) is 15.4. The van der Waals surface area contributed by atoms with Gasteiger partial charge in [0.05, 0.1) is 0 Å². The van der Waals surface area contributed by atoms with Crippen LogP contribution in [0, 0.1) is 13.8 Å². The summed E-state index contributed by atoms with van der Waals surface area (Å²) in [6, 6.07) is 8.95. The molecular weight excluding hydrogens is 286 g/mol. The lowest BCUT2D eigenvalue weighted by Crippen LogP contribution is -2.29. The molecule has 1 amide bonds. The van der Waals surface area contributed by atoms with Gasteiger partial charge in [-0.3, -0.25) is 14.2 Å². The Morgan fingerprint density at radius 2 is 2.05 bits per heavy atom. The third-order valence-corrected chi connectivity index (χ3v) is 3.68. The second-order valence-electron chi connectivity index (χ2n) is 4.67. The number of amides is 1. The maximum absolute atomic E-state index is 12.1. The minimum Gasteiger partial charge on any atom is -0.324 e. The molecule has 0 bridgehead atoms. The molecule has 6 heteroatoms. The molecule has 0 saturated heterocycles. The minimum absolute atomic E-state index is 0.0450. The number of nitrogens with zero attached hydrogens (tertiary/aromatic N) is 2. The van der Waals surface area contributed by atoms with Crippen molar-refractivity contribution in [1.82, 2.24) is 9.55 Å². The van der Waals surface area contributed by atoms with Crippen LogP contribution in [0.4, 0.5) is 5.69 Å². The molecule has 1 aromatic heterocycles. The lowest BCUT2D eigenvalue weighted by Gasteiger charge is -2.12. The summed E-state index contributed by atoms with van der Waals surface area (Å²) in [5.41, 5.74) is 2.17. The van der Waals surface area contributed by atoms with Gasteiger partial charge in [-0.2, -0.15) is 0 Å². The average Bonchev–Trinajstić information content (AvgIpc) is 2.44. The number of thioether (sulfide) groups is 1. The summed E-state index contributed by atoms with van der Waals surface area (Å²) in [7, 11) is 0.